The summed E-state index contributed by atoms with van der Waals surface area (Å²) in [4.78, 5) is 19.4. The molecule has 1 aliphatic heterocycles. The lowest BCUT2D eigenvalue weighted by Gasteiger charge is -2.27. The molecule has 2 aromatic rings. The van der Waals surface area contributed by atoms with Gasteiger partial charge in [0.15, 0.2) is 5.69 Å². The summed E-state index contributed by atoms with van der Waals surface area (Å²) in [6.07, 6.45) is 4.09. The van der Waals surface area contributed by atoms with Crippen LogP contribution in [0.3, 0.4) is 0 Å². The Morgan fingerprint density at radius 1 is 1.35 bits per heavy atom. The highest BCUT2D eigenvalue weighted by Crippen LogP contribution is 2.40. The number of carbonyl (C=O) groups is 1. The number of anilines is 1. The summed E-state index contributed by atoms with van der Waals surface area (Å²) < 4.78 is 28.1. The van der Waals surface area contributed by atoms with Gasteiger partial charge in [-0.05, 0) is 56.7 Å². The van der Waals surface area contributed by atoms with E-state index in [0.717, 1.165) is 31.0 Å². The number of benzene rings is 1. The number of aromatic nitrogens is 1. The van der Waals surface area contributed by atoms with Crippen LogP contribution in [0, 0.1) is 28.9 Å². The van der Waals surface area contributed by atoms with Crippen molar-refractivity contribution in [1.82, 2.24) is 10.3 Å². The van der Waals surface area contributed by atoms with Crippen molar-refractivity contribution in [3.05, 3.63) is 47.3 Å². The van der Waals surface area contributed by atoms with Crippen molar-refractivity contribution in [2.75, 3.05) is 18.0 Å². The summed E-state index contributed by atoms with van der Waals surface area (Å²) in [7, 11) is 0. The maximum absolute atomic E-state index is 14.1. The van der Waals surface area contributed by atoms with Crippen LogP contribution in [-0.4, -0.2) is 35.6 Å². The first-order valence-corrected chi connectivity index (χ1v) is 10.4. The molecule has 0 spiro atoms. The van der Waals surface area contributed by atoms with Gasteiger partial charge in [-0.2, -0.15) is 5.26 Å². The zero-order valence-electron chi connectivity index (χ0n) is 17.6. The molecule has 1 aromatic carbocycles. The fraction of sp³-hybridized carbons (Fsp3) is 0.435. The minimum Gasteiger partial charge on any atom is -0.367 e. The second-order valence-corrected chi connectivity index (χ2v) is 8.94. The molecule has 8 heteroatoms. The Kier molecular flexibility index (Phi) is 5.40. The van der Waals surface area contributed by atoms with Crippen LogP contribution in [0.1, 0.15) is 49.2 Å². The van der Waals surface area contributed by atoms with Crippen molar-refractivity contribution in [2.24, 2.45) is 11.7 Å². The van der Waals surface area contributed by atoms with Crippen molar-refractivity contribution in [2.45, 2.75) is 44.7 Å². The molecule has 2 atom stereocenters. The van der Waals surface area contributed by atoms with Crippen molar-refractivity contribution in [3.8, 4) is 17.2 Å². The van der Waals surface area contributed by atoms with Crippen LogP contribution in [0.4, 0.5) is 14.5 Å². The van der Waals surface area contributed by atoms with Crippen LogP contribution in [-0.2, 0) is 0 Å². The number of rotatable bonds is 5. The Bertz CT molecular complexity index is 1050. The van der Waals surface area contributed by atoms with E-state index in [0.29, 0.717) is 31.1 Å². The average molecular weight is 425 g/mol. The van der Waals surface area contributed by atoms with Gasteiger partial charge in [0.05, 0.1) is 11.3 Å². The van der Waals surface area contributed by atoms with Crippen LogP contribution in [0.2, 0.25) is 0 Å². The monoisotopic (exact) mass is 425 g/mol. The summed E-state index contributed by atoms with van der Waals surface area (Å²) in [5.74, 6) is -1.45. The lowest BCUT2D eigenvalue weighted by atomic mass is 9.97. The molecule has 1 aliphatic carbocycles. The van der Waals surface area contributed by atoms with Gasteiger partial charge in [-0.1, -0.05) is 0 Å². The summed E-state index contributed by atoms with van der Waals surface area (Å²) in [5.41, 5.74) is 6.95. The lowest BCUT2D eigenvalue weighted by molar-refractivity contribution is 0.0931. The number of amides is 1. The molecule has 0 radical (unpaired) electrons. The number of hydrogen-bond donors (Lipinski definition) is 2. The SMILES string of the molecule is CC(NC(=O)c1ncc(C#N)c(-c2cc(F)cc(F)c2)c1N1CC[C@](C)(N)C1)C1CC1. The third kappa shape index (κ3) is 4.37. The molecule has 0 bridgehead atoms. The Balaban J connectivity index is 1.89. The minimum absolute atomic E-state index is 0.00814. The second kappa shape index (κ2) is 7.89. The fourth-order valence-electron chi connectivity index (χ4n) is 4.21. The van der Waals surface area contributed by atoms with Crippen molar-refractivity contribution in [3.63, 3.8) is 0 Å². The van der Waals surface area contributed by atoms with Gasteiger partial charge in [0.25, 0.3) is 5.91 Å². The van der Waals surface area contributed by atoms with E-state index >= 15 is 0 Å². The van der Waals surface area contributed by atoms with E-state index in [-0.39, 0.29) is 34.3 Å². The Morgan fingerprint density at radius 2 is 2.03 bits per heavy atom. The molecule has 31 heavy (non-hydrogen) atoms. The first-order valence-electron chi connectivity index (χ1n) is 10.4. The first-order chi connectivity index (χ1) is 14.7. The predicted molar refractivity (Wildman–Crippen MR) is 113 cm³/mol. The number of hydrogen-bond acceptors (Lipinski definition) is 5. The van der Waals surface area contributed by atoms with E-state index in [1.807, 2.05) is 18.7 Å². The van der Waals surface area contributed by atoms with E-state index in [1.54, 1.807) is 0 Å². The van der Waals surface area contributed by atoms with Crippen LogP contribution in [0.5, 0.6) is 0 Å². The van der Waals surface area contributed by atoms with E-state index in [2.05, 4.69) is 16.4 Å². The van der Waals surface area contributed by atoms with E-state index in [4.69, 9.17) is 5.73 Å². The third-order valence-electron chi connectivity index (χ3n) is 6.05. The highest BCUT2D eigenvalue weighted by Gasteiger charge is 2.36. The normalized spacial score (nSPS) is 21.6. The van der Waals surface area contributed by atoms with Gasteiger partial charge in [0, 0.05) is 42.5 Å². The number of nitrogens with zero attached hydrogens (tertiary/aromatic N) is 3. The Hall–Kier alpha value is -3.05. The van der Waals surface area contributed by atoms with Gasteiger partial charge < -0.3 is 16.0 Å². The third-order valence-corrected chi connectivity index (χ3v) is 6.05. The molecular formula is C23H25F2N5O. The average Bonchev–Trinajstić information content (AvgIpc) is 3.49. The molecule has 1 amide bonds. The quantitative estimate of drug-likeness (QED) is 0.766. The van der Waals surface area contributed by atoms with Gasteiger partial charge >= 0.3 is 0 Å². The number of nitriles is 1. The predicted octanol–water partition coefficient (Wildman–Crippen LogP) is 3.35. The zero-order valence-corrected chi connectivity index (χ0v) is 17.6. The Labute approximate surface area is 180 Å². The lowest BCUT2D eigenvalue weighted by Crippen LogP contribution is -2.40. The summed E-state index contributed by atoms with van der Waals surface area (Å²) in [6, 6.07) is 5.14. The van der Waals surface area contributed by atoms with Crippen LogP contribution >= 0.6 is 0 Å². The molecule has 3 N–H and O–H groups in total. The van der Waals surface area contributed by atoms with Gasteiger partial charge in [-0.15, -0.1) is 0 Å². The smallest absolute Gasteiger partial charge is 0.272 e. The highest BCUT2D eigenvalue weighted by atomic mass is 19.1. The maximum Gasteiger partial charge on any atom is 0.272 e. The highest BCUT2D eigenvalue weighted by molar-refractivity contribution is 6.03. The second-order valence-electron chi connectivity index (χ2n) is 8.94. The van der Waals surface area contributed by atoms with Crippen LogP contribution < -0.4 is 16.0 Å². The zero-order chi connectivity index (χ0) is 22.3. The summed E-state index contributed by atoms with van der Waals surface area (Å²) >= 11 is 0. The molecule has 2 aliphatic rings. The standard InChI is InChI=1S/C23H25F2N5O/c1-13(14-3-4-14)29-22(31)20-21(30-6-5-23(2,27)12-30)19(16(10-26)11-28-20)15-7-17(24)9-18(25)8-15/h7-9,11,13-14H,3-6,12,27H2,1-2H3,(H,29,31)/t13?,23-/m0/s1. The Morgan fingerprint density at radius 3 is 2.58 bits per heavy atom. The maximum atomic E-state index is 14.1. The molecule has 2 fully saturated rings. The molecule has 162 valence electrons. The first kappa shape index (κ1) is 21.2. The summed E-state index contributed by atoms with van der Waals surface area (Å²) in [5, 5.41) is 12.7. The number of pyridine rings is 1. The largest absolute Gasteiger partial charge is 0.367 e. The van der Waals surface area contributed by atoms with Crippen LogP contribution in [0.15, 0.2) is 24.4 Å². The van der Waals surface area contributed by atoms with Crippen molar-refractivity contribution in [1.29, 1.82) is 5.26 Å². The molecule has 1 saturated carbocycles. The number of nitrogens with two attached hydrogens (primary N) is 1. The fourth-order valence-corrected chi connectivity index (χ4v) is 4.21. The molecule has 6 nitrogen and oxygen atoms in total. The van der Waals surface area contributed by atoms with E-state index < -0.39 is 17.2 Å². The van der Waals surface area contributed by atoms with Gasteiger partial charge in [0.1, 0.15) is 17.7 Å². The molecule has 1 aromatic heterocycles. The molecular weight excluding hydrogens is 400 g/mol. The van der Waals surface area contributed by atoms with Crippen molar-refractivity contribution >= 4 is 11.6 Å². The number of halogens is 2. The molecule has 1 unspecified atom stereocenters. The van der Waals surface area contributed by atoms with E-state index in [1.165, 1.54) is 6.20 Å². The van der Waals surface area contributed by atoms with E-state index in [9.17, 15) is 18.8 Å². The van der Waals surface area contributed by atoms with Gasteiger partial charge in [0.2, 0.25) is 0 Å². The number of carbonyl (C=O) groups excluding carboxylic acids is 1. The molecule has 1 saturated heterocycles. The topological polar surface area (TPSA) is 95.0 Å². The molecule has 2 heterocycles. The van der Waals surface area contributed by atoms with Crippen LogP contribution in [0.25, 0.3) is 11.1 Å². The summed E-state index contributed by atoms with van der Waals surface area (Å²) in [6.45, 7) is 4.82. The minimum atomic E-state index is -0.764. The molecule has 4 rings (SSSR count). The van der Waals surface area contributed by atoms with Crippen molar-refractivity contribution < 1.29 is 13.6 Å². The van der Waals surface area contributed by atoms with Gasteiger partial charge in [-0.3, -0.25) is 4.79 Å². The van der Waals surface area contributed by atoms with Gasteiger partial charge in [-0.25, -0.2) is 13.8 Å². The number of nitrogens with one attached hydrogen (secondary N) is 1.